The second-order valence-electron chi connectivity index (χ2n) is 5.63. The fraction of sp³-hybridized carbons (Fsp3) is 0.0952. The van der Waals surface area contributed by atoms with Crippen LogP contribution in [-0.2, 0) is 17.1 Å². The maximum Gasteiger partial charge on any atom is 0.338 e. The van der Waals surface area contributed by atoms with E-state index in [1.54, 1.807) is 12.1 Å². The molecule has 0 fully saturated rings. The summed E-state index contributed by atoms with van der Waals surface area (Å²) in [5.74, 6) is 0.419. The molecule has 0 spiro atoms. The van der Waals surface area contributed by atoms with Crippen molar-refractivity contribution in [3.8, 4) is 11.1 Å². The van der Waals surface area contributed by atoms with Crippen molar-refractivity contribution < 1.29 is 9.53 Å². The van der Waals surface area contributed by atoms with Crippen molar-refractivity contribution in [3.63, 3.8) is 0 Å². The molecule has 0 N–H and O–H groups in total. The van der Waals surface area contributed by atoms with Gasteiger partial charge in [0.25, 0.3) is 0 Å². The van der Waals surface area contributed by atoms with Crippen molar-refractivity contribution in [2.45, 2.75) is 12.4 Å². The van der Waals surface area contributed by atoms with E-state index in [2.05, 4.69) is 52.8 Å². The normalized spacial score (nSPS) is 10.5. The maximum absolute atomic E-state index is 12.0. The van der Waals surface area contributed by atoms with Crippen LogP contribution in [0.4, 0.5) is 0 Å². The Morgan fingerprint density at radius 3 is 1.84 bits per heavy atom. The van der Waals surface area contributed by atoms with Crippen LogP contribution < -0.4 is 0 Å². The Hall–Kier alpha value is -2.04. The first-order chi connectivity index (χ1) is 12.2. The van der Waals surface area contributed by atoms with Gasteiger partial charge in [0.2, 0.25) is 0 Å². The molecule has 0 heterocycles. The van der Waals surface area contributed by atoms with E-state index >= 15 is 0 Å². The average Bonchev–Trinajstić information content (AvgIpc) is 2.67. The summed E-state index contributed by atoms with van der Waals surface area (Å²) in [7, 11) is 0. The molecular weight excluding hydrogens is 396 g/mol. The minimum absolute atomic E-state index is 0.258. The zero-order valence-corrected chi connectivity index (χ0v) is 16.0. The van der Waals surface area contributed by atoms with Crippen LogP contribution in [0.25, 0.3) is 11.1 Å². The number of thiol groups is 1. The van der Waals surface area contributed by atoms with Gasteiger partial charge < -0.3 is 4.74 Å². The Balaban J connectivity index is 1.62. The van der Waals surface area contributed by atoms with Crippen LogP contribution in [0.5, 0.6) is 0 Å². The predicted molar refractivity (Wildman–Crippen MR) is 108 cm³/mol. The van der Waals surface area contributed by atoms with E-state index < -0.39 is 0 Å². The van der Waals surface area contributed by atoms with Gasteiger partial charge in [-0.05, 0) is 46.5 Å². The number of benzene rings is 3. The molecule has 0 aliphatic heterocycles. The highest BCUT2D eigenvalue weighted by Gasteiger charge is 2.07. The molecule has 25 heavy (non-hydrogen) atoms. The van der Waals surface area contributed by atoms with Gasteiger partial charge in [0.15, 0.2) is 0 Å². The Kier molecular flexibility index (Phi) is 5.95. The van der Waals surface area contributed by atoms with Gasteiger partial charge in [0, 0.05) is 10.2 Å². The Bertz CT molecular complexity index is 841. The van der Waals surface area contributed by atoms with Gasteiger partial charge in [0.1, 0.15) is 6.61 Å². The minimum Gasteiger partial charge on any atom is -0.457 e. The zero-order chi connectivity index (χ0) is 17.6. The van der Waals surface area contributed by atoms with Crippen LogP contribution >= 0.6 is 28.6 Å². The summed E-state index contributed by atoms with van der Waals surface area (Å²) in [6.45, 7) is 0.258. The van der Waals surface area contributed by atoms with Crippen LogP contribution in [0, 0.1) is 0 Å². The van der Waals surface area contributed by atoms with E-state index in [1.165, 1.54) is 5.56 Å². The van der Waals surface area contributed by atoms with Crippen molar-refractivity contribution in [1.82, 2.24) is 0 Å². The van der Waals surface area contributed by atoms with Gasteiger partial charge in [0.05, 0.1) is 5.56 Å². The predicted octanol–water partition coefficient (Wildman–Crippen LogP) is 5.90. The summed E-state index contributed by atoms with van der Waals surface area (Å²) in [4.78, 5) is 12.0. The molecule has 0 saturated carbocycles. The van der Waals surface area contributed by atoms with Crippen molar-refractivity contribution in [3.05, 3.63) is 94.0 Å². The lowest BCUT2D eigenvalue weighted by Gasteiger charge is -2.07. The van der Waals surface area contributed by atoms with E-state index in [4.69, 9.17) is 4.74 Å². The molecule has 0 radical (unpaired) electrons. The maximum atomic E-state index is 12.0. The van der Waals surface area contributed by atoms with Crippen LogP contribution in [0.3, 0.4) is 0 Å². The quantitative estimate of drug-likeness (QED) is 0.416. The number of hydrogen-bond donors (Lipinski definition) is 1. The van der Waals surface area contributed by atoms with Gasteiger partial charge in [-0.25, -0.2) is 4.79 Å². The van der Waals surface area contributed by atoms with Crippen molar-refractivity contribution in [1.29, 1.82) is 0 Å². The third-order valence-corrected chi connectivity index (χ3v) is 4.77. The van der Waals surface area contributed by atoms with E-state index in [1.807, 2.05) is 36.4 Å². The molecule has 3 aromatic carbocycles. The van der Waals surface area contributed by atoms with E-state index in [-0.39, 0.29) is 12.6 Å². The van der Waals surface area contributed by atoms with Gasteiger partial charge >= 0.3 is 5.97 Å². The van der Waals surface area contributed by atoms with Gasteiger partial charge in [-0.15, -0.1) is 0 Å². The van der Waals surface area contributed by atoms with Gasteiger partial charge in [-0.2, -0.15) is 12.6 Å². The number of halogens is 1. The molecule has 126 valence electrons. The topological polar surface area (TPSA) is 26.3 Å². The van der Waals surface area contributed by atoms with E-state index in [0.29, 0.717) is 5.56 Å². The number of hydrogen-bond acceptors (Lipinski definition) is 3. The minimum atomic E-state index is -0.320. The number of carbonyl (C=O) groups excluding carboxylic acids is 1. The van der Waals surface area contributed by atoms with E-state index in [9.17, 15) is 4.79 Å². The highest BCUT2D eigenvalue weighted by molar-refractivity contribution is 9.10. The molecule has 0 unspecified atom stereocenters. The summed E-state index contributed by atoms with van der Waals surface area (Å²) >= 11 is 7.62. The summed E-state index contributed by atoms with van der Waals surface area (Å²) in [6, 6.07) is 23.5. The first-order valence-electron chi connectivity index (χ1n) is 7.87. The third kappa shape index (κ3) is 4.74. The van der Waals surface area contributed by atoms with E-state index in [0.717, 1.165) is 26.9 Å². The SMILES string of the molecule is O=C(OCc1ccc(-c2ccc(CS)cc2)cc1)c1ccc(Br)cc1. The standard InChI is InChI=1S/C21H17BrO2S/c22-20-11-9-19(10-12-20)21(23)24-13-15-1-5-17(6-2-15)18-7-3-16(14-25)4-8-18/h1-12,25H,13-14H2. The Morgan fingerprint density at radius 1 is 0.800 bits per heavy atom. The summed E-state index contributed by atoms with van der Waals surface area (Å²) in [6.07, 6.45) is 0. The monoisotopic (exact) mass is 412 g/mol. The van der Waals surface area contributed by atoms with Crippen LogP contribution in [-0.4, -0.2) is 5.97 Å². The third-order valence-electron chi connectivity index (χ3n) is 3.87. The summed E-state index contributed by atoms with van der Waals surface area (Å²) < 4.78 is 6.30. The second kappa shape index (κ2) is 8.37. The molecule has 0 amide bonds. The number of rotatable bonds is 5. The fourth-order valence-corrected chi connectivity index (χ4v) is 2.89. The Morgan fingerprint density at radius 2 is 1.32 bits per heavy atom. The molecule has 3 rings (SSSR count). The van der Waals surface area contributed by atoms with Crippen LogP contribution in [0.15, 0.2) is 77.3 Å². The molecule has 2 nitrogen and oxygen atoms in total. The zero-order valence-electron chi connectivity index (χ0n) is 13.5. The average molecular weight is 413 g/mol. The van der Waals surface area contributed by atoms with Crippen molar-refractivity contribution in [2.75, 3.05) is 0 Å². The van der Waals surface area contributed by atoms with Gasteiger partial charge in [-0.1, -0.05) is 64.5 Å². The fourth-order valence-electron chi connectivity index (χ4n) is 2.41. The highest BCUT2D eigenvalue weighted by atomic mass is 79.9. The van der Waals surface area contributed by atoms with Crippen LogP contribution in [0.2, 0.25) is 0 Å². The lowest BCUT2D eigenvalue weighted by atomic mass is 10.0. The second-order valence-corrected chi connectivity index (χ2v) is 6.87. The van der Waals surface area contributed by atoms with Gasteiger partial charge in [-0.3, -0.25) is 0 Å². The molecule has 4 heteroatoms. The molecule has 0 saturated heterocycles. The lowest BCUT2D eigenvalue weighted by molar-refractivity contribution is 0.0472. The molecule has 3 aromatic rings. The molecule has 0 aliphatic rings. The first-order valence-corrected chi connectivity index (χ1v) is 9.30. The molecule has 0 aliphatic carbocycles. The Labute approximate surface area is 161 Å². The lowest BCUT2D eigenvalue weighted by Crippen LogP contribution is -2.04. The number of ether oxygens (including phenoxy) is 1. The highest BCUT2D eigenvalue weighted by Crippen LogP contribution is 2.21. The number of esters is 1. The molecule has 0 aromatic heterocycles. The number of carbonyl (C=O) groups is 1. The summed E-state index contributed by atoms with van der Waals surface area (Å²) in [5.41, 5.74) is 4.99. The van der Waals surface area contributed by atoms with Crippen LogP contribution in [0.1, 0.15) is 21.5 Å². The largest absolute Gasteiger partial charge is 0.457 e. The first kappa shape index (κ1) is 17.8. The molecule has 0 atom stereocenters. The van der Waals surface area contributed by atoms with Crippen molar-refractivity contribution >= 4 is 34.5 Å². The smallest absolute Gasteiger partial charge is 0.338 e. The molecular formula is C21H17BrO2S. The summed E-state index contributed by atoms with van der Waals surface area (Å²) in [5, 5.41) is 0. The molecule has 0 bridgehead atoms. The van der Waals surface area contributed by atoms with Crippen molar-refractivity contribution in [2.24, 2.45) is 0 Å².